The molecule has 0 spiro atoms. The number of nitriles is 1. The molecular weight excluding hydrogens is 152 g/mol. The first kappa shape index (κ1) is 7.39. The van der Waals surface area contributed by atoms with Crippen molar-refractivity contribution in [1.29, 1.82) is 5.26 Å². The van der Waals surface area contributed by atoms with Crippen molar-refractivity contribution in [1.82, 2.24) is 0 Å². The third kappa shape index (κ3) is 5.39. The van der Waals surface area contributed by atoms with E-state index in [9.17, 15) is 10.1 Å². The van der Waals surface area contributed by atoms with Gasteiger partial charge in [0.15, 0.2) is 0 Å². The normalized spacial score (nSPS) is 7.38. The van der Waals surface area contributed by atoms with Crippen molar-refractivity contribution in [2.24, 2.45) is 0 Å². The molecule has 0 aliphatic rings. The molecule has 0 N–H and O–H groups in total. The van der Waals surface area contributed by atoms with E-state index in [1.54, 1.807) is 5.40 Å². The Labute approximate surface area is 52.7 Å². The van der Waals surface area contributed by atoms with Crippen molar-refractivity contribution in [3.63, 3.8) is 0 Å². The van der Waals surface area contributed by atoms with Crippen molar-refractivity contribution < 1.29 is 9.37 Å². The average molecular weight is 152 g/mol. The van der Waals surface area contributed by atoms with Crippen LogP contribution in [-0.4, -0.2) is 5.09 Å². The van der Waals surface area contributed by atoms with Gasteiger partial charge in [0, 0.05) is 0 Å². The van der Waals surface area contributed by atoms with Gasteiger partial charge in [-0.05, 0) is 0 Å². The zero-order chi connectivity index (χ0) is 6.41. The van der Waals surface area contributed by atoms with Crippen molar-refractivity contribution in [2.45, 2.75) is 0 Å². The molecule has 0 aliphatic carbocycles. The van der Waals surface area contributed by atoms with Gasteiger partial charge in [0.05, 0.1) is 10.8 Å². The third-order valence-corrected chi connectivity index (χ3v) is 1.10. The SMILES string of the molecule is N#CSSO[N+](=O)[O-]. The largest absolute Gasteiger partial charge is 0.307 e. The van der Waals surface area contributed by atoms with E-state index in [1.165, 1.54) is 0 Å². The van der Waals surface area contributed by atoms with E-state index in [1.807, 2.05) is 0 Å². The van der Waals surface area contributed by atoms with Crippen LogP contribution in [0.15, 0.2) is 0 Å². The molecule has 7 heteroatoms. The molecule has 0 atom stereocenters. The summed E-state index contributed by atoms with van der Waals surface area (Å²) >= 11 is 0.418. The van der Waals surface area contributed by atoms with Crippen LogP contribution in [0.4, 0.5) is 0 Å². The Bertz CT molecular complexity index is 119. The van der Waals surface area contributed by atoms with Gasteiger partial charge in [0.1, 0.15) is 16.5 Å². The third-order valence-electron chi connectivity index (χ3n) is 0.163. The molecule has 5 nitrogen and oxygen atoms in total. The maximum atomic E-state index is 9.31. The molecule has 44 valence electrons. The minimum absolute atomic E-state index is 0.418. The Morgan fingerprint density at radius 3 is 2.88 bits per heavy atom. The Morgan fingerprint density at radius 2 is 2.50 bits per heavy atom. The van der Waals surface area contributed by atoms with E-state index < -0.39 is 5.09 Å². The molecule has 0 unspecified atom stereocenters. The highest BCUT2D eigenvalue weighted by molar-refractivity contribution is 8.76. The first-order valence-electron chi connectivity index (χ1n) is 1.31. The molecule has 0 fully saturated rings. The van der Waals surface area contributed by atoms with Crippen LogP contribution in [0.5, 0.6) is 0 Å². The van der Waals surface area contributed by atoms with Gasteiger partial charge in [-0.1, -0.05) is 0 Å². The van der Waals surface area contributed by atoms with Crippen molar-refractivity contribution in [3.05, 3.63) is 10.1 Å². The first-order chi connectivity index (χ1) is 3.77. The number of thiocyanates is 1. The van der Waals surface area contributed by atoms with Crippen LogP contribution >= 0.6 is 21.9 Å². The van der Waals surface area contributed by atoms with Crippen LogP contribution in [0, 0.1) is 20.8 Å². The molecule has 0 saturated carbocycles. The summed E-state index contributed by atoms with van der Waals surface area (Å²) in [7, 11) is 0.595. The van der Waals surface area contributed by atoms with E-state index >= 15 is 0 Å². The van der Waals surface area contributed by atoms with Gasteiger partial charge >= 0.3 is 5.09 Å². The zero-order valence-corrected chi connectivity index (χ0v) is 5.07. The summed E-state index contributed by atoms with van der Waals surface area (Å²) in [6.45, 7) is 0. The second-order valence-corrected chi connectivity index (χ2v) is 2.08. The fraction of sp³-hybridized carbons (Fsp3) is 0. The number of hydrogen-bond donors (Lipinski definition) is 0. The summed E-state index contributed by atoms with van der Waals surface area (Å²) in [6.07, 6.45) is 0. The van der Waals surface area contributed by atoms with Gasteiger partial charge in [-0.2, -0.15) is 5.26 Å². The van der Waals surface area contributed by atoms with Gasteiger partial charge in [-0.25, -0.2) is 4.28 Å². The van der Waals surface area contributed by atoms with E-state index in [0.29, 0.717) is 21.9 Å². The highest BCUT2D eigenvalue weighted by atomic mass is 33.1. The highest BCUT2D eigenvalue weighted by Crippen LogP contribution is 2.19. The lowest BCUT2D eigenvalue weighted by Gasteiger charge is -1.84. The van der Waals surface area contributed by atoms with Crippen LogP contribution in [0.25, 0.3) is 0 Å². The fourth-order valence-corrected chi connectivity index (χ4v) is 0.497. The van der Waals surface area contributed by atoms with Gasteiger partial charge in [0.25, 0.3) is 0 Å². The van der Waals surface area contributed by atoms with Crippen molar-refractivity contribution in [2.75, 3.05) is 0 Å². The maximum absolute atomic E-state index is 9.31. The van der Waals surface area contributed by atoms with Crippen LogP contribution in [0.3, 0.4) is 0 Å². The highest BCUT2D eigenvalue weighted by Gasteiger charge is 1.92. The molecule has 0 aromatic carbocycles. The molecule has 0 aromatic heterocycles. The Hall–Kier alpha value is -0.610. The van der Waals surface area contributed by atoms with E-state index in [2.05, 4.69) is 4.28 Å². The van der Waals surface area contributed by atoms with Crippen LogP contribution in [-0.2, 0) is 4.28 Å². The van der Waals surface area contributed by atoms with E-state index in [-0.39, 0.29) is 0 Å². The molecular formula is CN2O3S2. The van der Waals surface area contributed by atoms with Gasteiger partial charge < -0.3 is 0 Å². The lowest BCUT2D eigenvalue weighted by molar-refractivity contribution is -0.706. The minimum Gasteiger partial charge on any atom is -0.229 e. The summed E-state index contributed by atoms with van der Waals surface area (Å²) in [6, 6.07) is 0. The predicted octanol–water partition coefficient (Wildman–Crippen LogP) is 0.972. The molecule has 0 amide bonds. The summed E-state index contributed by atoms with van der Waals surface area (Å²) in [5.74, 6) is 0. The molecule has 0 aromatic rings. The molecule has 0 rings (SSSR count). The van der Waals surface area contributed by atoms with Crippen LogP contribution in [0.2, 0.25) is 0 Å². The van der Waals surface area contributed by atoms with Crippen molar-refractivity contribution in [3.8, 4) is 5.40 Å². The molecule has 0 saturated heterocycles. The molecule has 0 aliphatic heterocycles. The summed E-state index contributed by atoms with van der Waals surface area (Å²) in [5, 5.41) is 17.7. The topological polar surface area (TPSA) is 76.2 Å². The Kier molecular flexibility index (Phi) is 4.20. The summed E-state index contributed by atoms with van der Waals surface area (Å²) < 4.78 is 3.66. The van der Waals surface area contributed by atoms with E-state index in [0.717, 1.165) is 0 Å². The summed E-state index contributed by atoms with van der Waals surface area (Å²) in [4.78, 5) is 9.31. The average Bonchev–Trinajstić information content (AvgIpc) is 1.66. The molecule has 0 bridgehead atoms. The van der Waals surface area contributed by atoms with Gasteiger partial charge in [0.2, 0.25) is 0 Å². The minimum atomic E-state index is -0.977. The Balaban J connectivity index is 2.97. The molecule has 8 heavy (non-hydrogen) atoms. The predicted molar refractivity (Wildman–Crippen MR) is 28.9 cm³/mol. The van der Waals surface area contributed by atoms with Crippen molar-refractivity contribution >= 4 is 21.9 Å². The monoisotopic (exact) mass is 152 g/mol. The molecule has 0 heterocycles. The lowest BCUT2D eigenvalue weighted by atomic mass is 11.8. The number of rotatable bonds is 3. The lowest BCUT2D eigenvalue weighted by Crippen LogP contribution is -1.88. The quantitative estimate of drug-likeness (QED) is 0.150. The Morgan fingerprint density at radius 1 is 1.88 bits per heavy atom. The second kappa shape index (κ2) is 4.55. The van der Waals surface area contributed by atoms with Crippen LogP contribution in [0.1, 0.15) is 0 Å². The number of nitrogens with zero attached hydrogens (tertiary/aromatic N) is 2. The molecule has 0 radical (unpaired) electrons. The maximum Gasteiger partial charge on any atom is 0.307 e. The number of hydrogen-bond acceptors (Lipinski definition) is 6. The van der Waals surface area contributed by atoms with Gasteiger partial charge in [-0.3, -0.25) is 0 Å². The first-order valence-corrected chi connectivity index (χ1v) is 3.38. The zero-order valence-electron chi connectivity index (χ0n) is 3.44. The fourth-order valence-electron chi connectivity index (χ4n) is 0.0553. The smallest absolute Gasteiger partial charge is 0.229 e. The standard InChI is InChI=1S/CN2O3S2/c2-1-7-8-6-3(4)5. The second-order valence-electron chi connectivity index (χ2n) is 0.541. The summed E-state index contributed by atoms with van der Waals surface area (Å²) in [5.41, 5.74) is 0. The van der Waals surface area contributed by atoms with Crippen LogP contribution < -0.4 is 0 Å². The van der Waals surface area contributed by atoms with E-state index in [4.69, 9.17) is 5.26 Å². The van der Waals surface area contributed by atoms with Gasteiger partial charge in [-0.15, -0.1) is 10.1 Å².